The van der Waals surface area contributed by atoms with Crippen LogP contribution in [0, 0.1) is 5.92 Å². The van der Waals surface area contributed by atoms with E-state index in [0.717, 1.165) is 28.8 Å². The number of thiophene rings is 1. The first kappa shape index (κ1) is 15.0. The molecule has 114 valence electrons. The summed E-state index contributed by atoms with van der Waals surface area (Å²) in [5.74, 6) is 0.411. The van der Waals surface area contributed by atoms with Gasteiger partial charge in [-0.2, -0.15) is 0 Å². The first-order chi connectivity index (χ1) is 10.8. The molecule has 1 aromatic carbocycles. The minimum Gasteiger partial charge on any atom is -0.410 e. The highest BCUT2D eigenvalue weighted by Crippen LogP contribution is 2.30. The van der Waals surface area contributed by atoms with E-state index < -0.39 is 0 Å². The van der Waals surface area contributed by atoms with Crippen LogP contribution in [0.2, 0.25) is 0 Å². The molecule has 3 nitrogen and oxygen atoms in total. The van der Waals surface area contributed by atoms with Crippen LogP contribution in [0.25, 0.3) is 11.1 Å². The average molecular weight is 313 g/mol. The second-order valence-corrected chi connectivity index (χ2v) is 6.70. The Bertz CT molecular complexity index is 669. The zero-order valence-corrected chi connectivity index (χ0v) is 13.2. The maximum atomic E-state index is 12.4. The van der Waals surface area contributed by atoms with Crippen molar-refractivity contribution in [3.63, 3.8) is 0 Å². The fourth-order valence-electron chi connectivity index (χ4n) is 3.06. The van der Waals surface area contributed by atoms with E-state index in [4.69, 9.17) is 0 Å². The first-order valence-electron chi connectivity index (χ1n) is 7.67. The van der Waals surface area contributed by atoms with Gasteiger partial charge in [0, 0.05) is 6.42 Å². The van der Waals surface area contributed by atoms with Crippen LogP contribution in [0.5, 0.6) is 0 Å². The van der Waals surface area contributed by atoms with E-state index in [9.17, 15) is 10.0 Å². The van der Waals surface area contributed by atoms with Gasteiger partial charge >= 0.3 is 0 Å². The number of oxime groups is 1. The lowest BCUT2D eigenvalue weighted by Crippen LogP contribution is -2.17. The van der Waals surface area contributed by atoms with Gasteiger partial charge in [0.2, 0.25) is 0 Å². The Labute approximate surface area is 134 Å². The normalized spacial score (nSPS) is 16.1. The first-order valence-corrected chi connectivity index (χ1v) is 8.55. The molecule has 0 aliphatic heterocycles. The van der Waals surface area contributed by atoms with Gasteiger partial charge in [0.05, 0.1) is 4.88 Å². The predicted molar refractivity (Wildman–Crippen MR) is 89.7 cm³/mol. The lowest BCUT2D eigenvalue weighted by Gasteiger charge is -2.07. The SMILES string of the molecule is O=C(CC1CCCC1)C(=NO)c1cc(-c2ccccc2)cs1. The topological polar surface area (TPSA) is 49.7 Å². The van der Waals surface area contributed by atoms with Crippen LogP contribution in [-0.4, -0.2) is 16.7 Å². The summed E-state index contributed by atoms with van der Waals surface area (Å²) in [6.07, 6.45) is 5.15. The lowest BCUT2D eigenvalue weighted by molar-refractivity contribution is -0.113. The maximum Gasteiger partial charge on any atom is 0.186 e. The highest BCUT2D eigenvalue weighted by atomic mass is 32.1. The van der Waals surface area contributed by atoms with Crippen LogP contribution in [-0.2, 0) is 4.79 Å². The number of nitrogens with zero attached hydrogens (tertiary/aromatic N) is 1. The Morgan fingerprint density at radius 3 is 2.59 bits per heavy atom. The van der Waals surface area contributed by atoms with Gasteiger partial charge in [0.1, 0.15) is 0 Å². The molecule has 1 saturated carbocycles. The second kappa shape index (κ2) is 6.88. The molecular weight excluding hydrogens is 294 g/mol. The van der Waals surface area contributed by atoms with Gasteiger partial charge in [-0.05, 0) is 28.5 Å². The van der Waals surface area contributed by atoms with Crippen LogP contribution in [0.3, 0.4) is 0 Å². The van der Waals surface area contributed by atoms with E-state index in [-0.39, 0.29) is 11.5 Å². The monoisotopic (exact) mass is 313 g/mol. The Balaban J connectivity index is 1.76. The van der Waals surface area contributed by atoms with Crippen molar-refractivity contribution < 1.29 is 10.0 Å². The van der Waals surface area contributed by atoms with Gasteiger partial charge in [0.25, 0.3) is 0 Å². The number of hydrogen-bond donors (Lipinski definition) is 1. The van der Waals surface area contributed by atoms with Crippen molar-refractivity contribution in [2.24, 2.45) is 11.1 Å². The number of carbonyl (C=O) groups excluding carboxylic acids is 1. The number of benzene rings is 1. The predicted octanol–water partition coefficient (Wildman–Crippen LogP) is 4.74. The van der Waals surface area contributed by atoms with Crippen molar-refractivity contribution in [3.05, 3.63) is 46.7 Å². The molecule has 3 rings (SSSR count). The summed E-state index contributed by atoms with van der Waals surface area (Å²) in [6.45, 7) is 0. The fraction of sp³-hybridized carbons (Fsp3) is 0.333. The molecule has 1 aliphatic rings. The molecule has 0 atom stereocenters. The van der Waals surface area contributed by atoms with Crippen molar-refractivity contribution in [2.45, 2.75) is 32.1 Å². The third-order valence-corrected chi connectivity index (χ3v) is 5.19. The van der Waals surface area contributed by atoms with Crippen LogP contribution >= 0.6 is 11.3 Å². The summed E-state index contributed by atoms with van der Waals surface area (Å²) >= 11 is 1.45. The summed E-state index contributed by atoms with van der Waals surface area (Å²) in [4.78, 5) is 13.1. The van der Waals surface area contributed by atoms with Gasteiger partial charge < -0.3 is 5.21 Å². The van der Waals surface area contributed by atoms with Gasteiger partial charge in [-0.3, -0.25) is 4.79 Å². The Hall–Kier alpha value is -1.94. The van der Waals surface area contributed by atoms with Crippen LogP contribution in [0.4, 0.5) is 0 Å². The molecule has 1 aliphatic carbocycles. The maximum absolute atomic E-state index is 12.4. The number of ketones is 1. The molecule has 0 amide bonds. The molecule has 1 aromatic heterocycles. The third kappa shape index (κ3) is 3.28. The largest absolute Gasteiger partial charge is 0.410 e. The minimum atomic E-state index is -0.0455. The minimum absolute atomic E-state index is 0.0455. The van der Waals surface area contributed by atoms with Gasteiger partial charge in [-0.25, -0.2) is 0 Å². The molecule has 0 unspecified atom stereocenters. The van der Waals surface area contributed by atoms with Gasteiger partial charge in [-0.15, -0.1) is 11.3 Å². The lowest BCUT2D eigenvalue weighted by atomic mass is 9.98. The van der Waals surface area contributed by atoms with Crippen LogP contribution in [0.1, 0.15) is 37.0 Å². The van der Waals surface area contributed by atoms with E-state index in [1.165, 1.54) is 24.2 Å². The summed E-state index contributed by atoms with van der Waals surface area (Å²) in [5, 5.41) is 14.6. The van der Waals surface area contributed by atoms with E-state index in [0.29, 0.717) is 12.3 Å². The summed E-state index contributed by atoms with van der Waals surface area (Å²) in [5.41, 5.74) is 2.36. The fourth-order valence-corrected chi connectivity index (χ4v) is 3.98. The summed E-state index contributed by atoms with van der Waals surface area (Å²) in [7, 11) is 0. The third-order valence-electron chi connectivity index (χ3n) is 4.25. The summed E-state index contributed by atoms with van der Waals surface area (Å²) in [6, 6.07) is 11.9. The van der Waals surface area contributed by atoms with E-state index >= 15 is 0 Å². The second-order valence-electron chi connectivity index (χ2n) is 5.79. The van der Waals surface area contributed by atoms with Crippen molar-refractivity contribution in [1.29, 1.82) is 0 Å². The van der Waals surface area contributed by atoms with Crippen LogP contribution < -0.4 is 0 Å². The molecule has 0 bridgehead atoms. The van der Waals surface area contributed by atoms with E-state index in [1.807, 2.05) is 41.8 Å². The Morgan fingerprint density at radius 2 is 1.91 bits per heavy atom. The highest BCUT2D eigenvalue weighted by Gasteiger charge is 2.23. The molecule has 2 aromatic rings. The summed E-state index contributed by atoms with van der Waals surface area (Å²) < 4.78 is 0. The van der Waals surface area contributed by atoms with E-state index in [2.05, 4.69) is 5.16 Å². The molecule has 0 spiro atoms. The molecule has 1 fully saturated rings. The number of hydrogen-bond acceptors (Lipinski definition) is 4. The molecule has 4 heteroatoms. The Morgan fingerprint density at radius 1 is 1.18 bits per heavy atom. The molecular formula is C18H19NO2S. The molecule has 1 heterocycles. The average Bonchev–Trinajstić information content (AvgIpc) is 3.21. The van der Waals surface area contributed by atoms with Crippen molar-refractivity contribution in [2.75, 3.05) is 0 Å². The quantitative estimate of drug-likeness (QED) is 0.492. The number of rotatable bonds is 5. The van der Waals surface area contributed by atoms with Gasteiger partial charge in [-0.1, -0.05) is 61.2 Å². The van der Waals surface area contributed by atoms with Crippen LogP contribution in [0.15, 0.2) is 46.9 Å². The van der Waals surface area contributed by atoms with Gasteiger partial charge in [0.15, 0.2) is 11.5 Å². The smallest absolute Gasteiger partial charge is 0.186 e. The standard InChI is InChI=1S/C18H19NO2S/c20-16(10-13-6-4-5-7-13)18(19-21)17-11-15(12-22-17)14-8-2-1-3-9-14/h1-3,8-9,11-13,21H,4-7,10H2. The van der Waals surface area contributed by atoms with E-state index in [1.54, 1.807) is 0 Å². The highest BCUT2D eigenvalue weighted by molar-refractivity contribution is 7.13. The molecule has 0 radical (unpaired) electrons. The van der Waals surface area contributed by atoms with Crippen molar-refractivity contribution >= 4 is 22.8 Å². The number of carbonyl (C=O) groups is 1. The van der Waals surface area contributed by atoms with Crippen molar-refractivity contribution in [3.8, 4) is 11.1 Å². The molecule has 0 saturated heterocycles. The zero-order valence-electron chi connectivity index (χ0n) is 12.4. The molecule has 22 heavy (non-hydrogen) atoms. The van der Waals surface area contributed by atoms with Crippen molar-refractivity contribution in [1.82, 2.24) is 0 Å². The number of Topliss-reactive ketones (excluding diaryl/α,β-unsaturated/α-hetero) is 1. The Kier molecular flexibility index (Phi) is 4.68. The zero-order chi connectivity index (χ0) is 15.4. The molecule has 1 N–H and O–H groups in total.